The van der Waals surface area contributed by atoms with Gasteiger partial charge in [0.25, 0.3) is 0 Å². The zero-order valence-corrected chi connectivity index (χ0v) is 9.38. The summed E-state index contributed by atoms with van der Waals surface area (Å²) in [5.41, 5.74) is 4.76. The quantitative estimate of drug-likeness (QED) is 0.428. The number of hydrogen-bond donors (Lipinski definition) is 3. The highest BCUT2D eigenvalue weighted by atomic mass is 35.5. The number of pyridine rings is 1. The molecule has 5 nitrogen and oxygen atoms in total. The molecular weight excluding hydrogens is 235 g/mol. The summed E-state index contributed by atoms with van der Waals surface area (Å²) in [4.78, 5) is 14.7. The number of alkyl halides is 1. The molecule has 1 aromatic rings. The maximum atomic E-state index is 12.7. The lowest BCUT2D eigenvalue weighted by molar-refractivity contribution is 0.240. The van der Waals surface area contributed by atoms with Gasteiger partial charge in [0.05, 0.1) is 0 Å². The predicted octanol–water partition coefficient (Wildman–Crippen LogP) is 1.47. The van der Waals surface area contributed by atoms with Crippen LogP contribution < -0.4 is 16.2 Å². The van der Waals surface area contributed by atoms with E-state index in [2.05, 4.69) is 21.2 Å². The van der Waals surface area contributed by atoms with Gasteiger partial charge >= 0.3 is 6.03 Å². The second-order valence-corrected chi connectivity index (χ2v) is 3.43. The minimum atomic E-state index is -0.624. The Balaban J connectivity index is 2.37. The zero-order valence-electron chi connectivity index (χ0n) is 8.63. The first-order valence-electron chi connectivity index (χ1n) is 4.63. The van der Waals surface area contributed by atoms with Crippen molar-refractivity contribution in [2.24, 2.45) is 0 Å². The third kappa shape index (κ3) is 4.31. The Bertz CT molecular complexity index is 363. The number of hydrazine groups is 1. The standard InChI is InChI=1S/C9H12ClFN4O/c1-6(5-10)12-9(16)15-14-8-4-2-3-7(11)13-8/h2-4,6H,5H2,1H3,(H,13,14)(H2,12,15,16). The Morgan fingerprint density at radius 2 is 2.38 bits per heavy atom. The first-order valence-corrected chi connectivity index (χ1v) is 5.16. The number of rotatable bonds is 4. The summed E-state index contributed by atoms with van der Waals surface area (Å²) in [5.74, 6) is -0.0963. The van der Waals surface area contributed by atoms with Crippen molar-refractivity contribution in [3.05, 3.63) is 24.1 Å². The van der Waals surface area contributed by atoms with E-state index in [9.17, 15) is 9.18 Å². The minimum Gasteiger partial charge on any atom is -0.333 e. The number of carbonyl (C=O) groups excluding carboxylic acids is 1. The van der Waals surface area contributed by atoms with Gasteiger partial charge in [0.15, 0.2) is 0 Å². The monoisotopic (exact) mass is 246 g/mol. The molecule has 0 radical (unpaired) electrons. The van der Waals surface area contributed by atoms with E-state index in [-0.39, 0.29) is 11.9 Å². The predicted molar refractivity (Wildman–Crippen MR) is 59.7 cm³/mol. The molecule has 0 spiro atoms. The fourth-order valence-electron chi connectivity index (χ4n) is 0.897. The lowest BCUT2D eigenvalue weighted by Crippen LogP contribution is -2.44. The molecule has 1 unspecified atom stereocenters. The first-order chi connectivity index (χ1) is 7.61. The number of urea groups is 1. The lowest BCUT2D eigenvalue weighted by Gasteiger charge is -2.12. The molecule has 0 aliphatic rings. The highest BCUT2D eigenvalue weighted by Crippen LogP contribution is 2.01. The van der Waals surface area contributed by atoms with Crippen LogP contribution in [0, 0.1) is 5.95 Å². The second-order valence-electron chi connectivity index (χ2n) is 3.12. The Morgan fingerprint density at radius 3 is 3.00 bits per heavy atom. The number of hydrogen-bond acceptors (Lipinski definition) is 3. The average Bonchev–Trinajstić information content (AvgIpc) is 2.26. The van der Waals surface area contributed by atoms with Gasteiger partial charge in [-0.2, -0.15) is 4.39 Å². The number of halogens is 2. The van der Waals surface area contributed by atoms with Crippen molar-refractivity contribution < 1.29 is 9.18 Å². The fourth-order valence-corrected chi connectivity index (χ4v) is 0.974. The lowest BCUT2D eigenvalue weighted by atomic mass is 10.4. The van der Waals surface area contributed by atoms with E-state index in [4.69, 9.17) is 11.6 Å². The van der Waals surface area contributed by atoms with Crippen molar-refractivity contribution in [1.82, 2.24) is 15.7 Å². The summed E-state index contributed by atoms with van der Waals surface area (Å²) in [6.45, 7) is 1.76. The van der Waals surface area contributed by atoms with Crippen molar-refractivity contribution >= 4 is 23.4 Å². The van der Waals surface area contributed by atoms with Gasteiger partial charge < -0.3 is 5.32 Å². The van der Waals surface area contributed by atoms with Crippen LogP contribution in [-0.4, -0.2) is 22.9 Å². The summed E-state index contributed by atoms with van der Waals surface area (Å²) in [7, 11) is 0. The molecule has 0 bridgehead atoms. The van der Waals surface area contributed by atoms with Crippen molar-refractivity contribution in [2.45, 2.75) is 13.0 Å². The number of nitrogens with one attached hydrogen (secondary N) is 3. The summed E-state index contributed by atoms with van der Waals surface area (Å²) in [6.07, 6.45) is 0. The number of anilines is 1. The maximum absolute atomic E-state index is 12.7. The smallest absolute Gasteiger partial charge is 0.333 e. The van der Waals surface area contributed by atoms with Crippen molar-refractivity contribution in [3.63, 3.8) is 0 Å². The van der Waals surface area contributed by atoms with Gasteiger partial charge in [-0.3, -0.25) is 10.9 Å². The van der Waals surface area contributed by atoms with Gasteiger partial charge in [-0.05, 0) is 19.1 Å². The highest BCUT2D eigenvalue weighted by molar-refractivity contribution is 6.18. The van der Waals surface area contributed by atoms with Gasteiger partial charge in [0, 0.05) is 11.9 Å². The Kier molecular flexibility index (Phi) is 4.78. The Morgan fingerprint density at radius 1 is 1.62 bits per heavy atom. The number of nitrogens with zero attached hydrogens (tertiary/aromatic N) is 1. The van der Waals surface area contributed by atoms with E-state index in [1.165, 1.54) is 18.2 Å². The molecule has 2 amide bonds. The second kappa shape index (κ2) is 6.12. The largest absolute Gasteiger partial charge is 0.333 e. The molecule has 1 heterocycles. The molecular formula is C9H12ClFN4O. The molecule has 16 heavy (non-hydrogen) atoms. The summed E-state index contributed by atoms with van der Waals surface area (Å²) >= 11 is 5.51. The maximum Gasteiger partial charge on any atom is 0.333 e. The van der Waals surface area contributed by atoms with Crippen LogP contribution in [0.5, 0.6) is 0 Å². The number of aromatic nitrogens is 1. The van der Waals surface area contributed by atoms with Crippen LogP contribution in [0.25, 0.3) is 0 Å². The van der Waals surface area contributed by atoms with Crippen LogP contribution in [0.15, 0.2) is 18.2 Å². The molecule has 0 fully saturated rings. The summed E-state index contributed by atoms with van der Waals surface area (Å²) < 4.78 is 12.7. The molecule has 0 aromatic carbocycles. The van der Waals surface area contributed by atoms with Crippen LogP contribution in [0.3, 0.4) is 0 Å². The van der Waals surface area contributed by atoms with Crippen LogP contribution in [0.2, 0.25) is 0 Å². The Labute approximate surface area is 97.4 Å². The molecule has 3 N–H and O–H groups in total. The molecule has 0 saturated heterocycles. The van der Waals surface area contributed by atoms with E-state index in [0.29, 0.717) is 5.88 Å². The van der Waals surface area contributed by atoms with Crippen LogP contribution in [0.4, 0.5) is 15.0 Å². The number of amides is 2. The Hall–Kier alpha value is -1.56. The van der Waals surface area contributed by atoms with Gasteiger partial charge in [-0.1, -0.05) is 6.07 Å². The third-order valence-electron chi connectivity index (χ3n) is 1.63. The van der Waals surface area contributed by atoms with E-state index < -0.39 is 12.0 Å². The van der Waals surface area contributed by atoms with Gasteiger partial charge in [0.2, 0.25) is 5.95 Å². The van der Waals surface area contributed by atoms with Crippen LogP contribution >= 0.6 is 11.6 Å². The minimum absolute atomic E-state index is 0.149. The van der Waals surface area contributed by atoms with Crippen molar-refractivity contribution in [2.75, 3.05) is 11.3 Å². The van der Waals surface area contributed by atoms with Gasteiger partial charge in [0.1, 0.15) is 5.82 Å². The molecule has 7 heteroatoms. The third-order valence-corrected chi connectivity index (χ3v) is 2.09. The van der Waals surface area contributed by atoms with Crippen LogP contribution in [-0.2, 0) is 0 Å². The van der Waals surface area contributed by atoms with Crippen LogP contribution in [0.1, 0.15) is 6.92 Å². The van der Waals surface area contributed by atoms with E-state index in [0.717, 1.165) is 0 Å². The zero-order chi connectivity index (χ0) is 12.0. The van der Waals surface area contributed by atoms with Gasteiger partial charge in [-0.15, -0.1) is 11.6 Å². The van der Waals surface area contributed by atoms with Crippen molar-refractivity contribution in [1.29, 1.82) is 0 Å². The normalized spacial score (nSPS) is 11.7. The SMILES string of the molecule is CC(CCl)NC(=O)NNc1cccc(F)n1. The average molecular weight is 247 g/mol. The first kappa shape index (κ1) is 12.5. The number of carbonyl (C=O) groups is 1. The van der Waals surface area contributed by atoms with Gasteiger partial charge in [-0.25, -0.2) is 9.78 Å². The molecule has 1 rings (SSSR count). The molecule has 0 saturated carbocycles. The fraction of sp³-hybridized carbons (Fsp3) is 0.333. The summed E-state index contributed by atoms with van der Waals surface area (Å²) in [6, 6.07) is 3.60. The molecule has 88 valence electrons. The van der Waals surface area contributed by atoms with E-state index in [1.807, 2.05) is 0 Å². The van der Waals surface area contributed by atoms with E-state index >= 15 is 0 Å². The summed E-state index contributed by atoms with van der Waals surface area (Å²) in [5, 5.41) is 2.55. The van der Waals surface area contributed by atoms with E-state index in [1.54, 1.807) is 6.92 Å². The molecule has 1 aromatic heterocycles. The molecule has 0 aliphatic carbocycles. The highest BCUT2D eigenvalue weighted by Gasteiger charge is 2.05. The topological polar surface area (TPSA) is 66.1 Å². The van der Waals surface area contributed by atoms with Crippen molar-refractivity contribution in [3.8, 4) is 0 Å². The molecule has 1 atom stereocenters. The molecule has 0 aliphatic heterocycles.